The van der Waals surface area contributed by atoms with Crippen molar-refractivity contribution in [1.82, 2.24) is 0 Å². The van der Waals surface area contributed by atoms with E-state index in [1.807, 2.05) is 13.8 Å². The van der Waals surface area contributed by atoms with Crippen LogP contribution in [0.2, 0.25) is 0 Å². The van der Waals surface area contributed by atoms with E-state index in [0.717, 1.165) is 6.42 Å². The van der Waals surface area contributed by atoms with Crippen LogP contribution in [0.15, 0.2) is 18.2 Å². The van der Waals surface area contributed by atoms with Crippen LogP contribution in [0.4, 0.5) is 10.1 Å². The molecule has 0 saturated heterocycles. The van der Waals surface area contributed by atoms with Gasteiger partial charge in [-0.1, -0.05) is 38.6 Å². The molecule has 3 N–H and O–H groups in total. The summed E-state index contributed by atoms with van der Waals surface area (Å²) in [5.41, 5.74) is 5.88. The normalized spacial score (nSPS) is 11.9. The Bertz CT molecular complexity index is 462. The lowest BCUT2D eigenvalue weighted by Gasteiger charge is -2.12. The second-order valence-electron chi connectivity index (χ2n) is 4.29. The number of rotatable bonds is 5. The standard InChI is InChI=1S/C13H17FN2OS/c1-3-8(2)7-11(17)16-10-6-4-5-9(14)12(10)13(15)18/h4-6,8H,3,7H2,1-2H3,(H2,15,18)(H,16,17). The minimum absolute atomic E-state index is 0.0630. The lowest BCUT2D eigenvalue weighted by Crippen LogP contribution is -2.20. The van der Waals surface area contributed by atoms with E-state index in [-0.39, 0.29) is 22.4 Å². The summed E-state index contributed by atoms with van der Waals surface area (Å²) in [5.74, 6) is -0.400. The summed E-state index contributed by atoms with van der Waals surface area (Å²) in [6.07, 6.45) is 1.31. The molecular formula is C13H17FN2OS. The van der Waals surface area contributed by atoms with Crippen LogP contribution in [0, 0.1) is 11.7 Å². The number of halogens is 1. The molecule has 0 saturated carbocycles. The Morgan fingerprint density at radius 2 is 2.22 bits per heavy atom. The van der Waals surface area contributed by atoms with E-state index in [1.54, 1.807) is 6.07 Å². The van der Waals surface area contributed by atoms with E-state index in [1.165, 1.54) is 12.1 Å². The molecule has 0 aliphatic carbocycles. The van der Waals surface area contributed by atoms with Crippen molar-refractivity contribution in [1.29, 1.82) is 0 Å². The zero-order valence-corrected chi connectivity index (χ0v) is 11.3. The summed E-state index contributed by atoms with van der Waals surface area (Å²) < 4.78 is 13.6. The highest BCUT2D eigenvalue weighted by Gasteiger charge is 2.14. The number of amides is 1. The third-order valence-corrected chi connectivity index (χ3v) is 2.97. The molecule has 0 aromatic heterocycles. The van der Waals surface area contributed by atoms with Crippen LogP contribution < -0.4 is 11.1 Å². The van der Waals surface area contributed by atoms with Gasteiger partial charge in [-0.15, -0.1) is 0 Å². The van der Waals surface area contributed by atoms with Gasteiger partial charge in [0, 0.05) is 6.42 Å². The van der Waals surface area contributed by atoms with Crippen LogP contribution in [0.1, 0.15) is 32.3 Å². The number of nitrogens with two attached hydrogens (primary N) is 1. The van der Waals surface area contributed by atoms with E-state index < -0.39 is 5.82 Å². The van der Waals surface area contributed by atoms with Gasteiger partial charge in [-0.05, 0) is 18.1 Å². The fourth-order valence-corrected chi connectivity index (χ4v) is 1.75. The number of thiocarbonyl (C=S) groups is 1. The summed E-state index contributed by atoms with van der Waals surface area (Å²) in [6.45, 7) is 4.00. The van der Waals surface area contributed by atoms with Gasteiger partial charge in [-0.25, -0.2) is 4.39 Å². The number of hydrogen-bond acceptors (Lipinski definition) is 2. The van der Waals surface area contributed by atoms with Crippen molar-refractivity contribution < 1.29 is 9.18 Å². The van der Waals surface area contributed by atoms with Crippen molar-refractivity contribution in [3.8, 4) is 0 Å². The van der Waals surface area contributed by atoms with Crippen LogP contribution in [0.25, 0.3) is 0 Å². The predicted octanol–water partition coefficient (Wildman–Crippen LogP) is 2.83. The Morgan fingerprint density at radius 3 is 2.78 bits per heavy atom. The Kier molecular flexibility index (Phi) is 5.22. The maximum Gasteiger partial charge on any atom is 0.224 e. The molecule has 3 nitrogen and oxygen atoms in total. The molecule has 1 aromatic rings. The average Bonchev–Trinajstić information content (AvgIpc) is 2.28. The van der Waals surface area contributed by atoms with E-state index >= 15 is 0 Å². The summed E-state index contributed by atoms with van der Waals surface area (Å²) in [6, 6.07) is 4.36. The van der Waals surface area contributed by atoms with Crippen LogP contribution >= 0.6 is 12.2 Å². The van der Waals surface area contributed by atoms with Gasteiger partial charge in [0.15, 0.2) is 0 Å². The average molecular weight is 268 g/mol. The molecule has 18 heavy (non-hydrogen) atoms. The maximum atomic E-state index is 13.6. The van der Waals surface area contributed by atoms with Crippen molar-refractivity contribution >= 4 is 28.8 Å². The van der Waals surface area contributed by atoms with Gasteiger partial charge in [0.2, 0.25) is 5.91 Å². The van der Waals surface area contributed by atoms with Gasteiger partial charge in [0.05, 0.1) is 11.3 Å². The molecule has 98 valence electrons. The minimum atomic E-state index is -0.524. The molecule has 5 heteroatoms. The Labute approximate surface area is 112 Å². The van der Waals surface area contributed by atoms with Crippen LogP contribution in [0.3, 0.4) is 0 Å². The largest absolute Gasteiger partial charge is 0.389 e. The fourth-order valence-electron chi connectivity index (χ4n) is 1.54. The van der Waals surface area contributed by atoms with Gasteiger partial charge in [0.1, 0.15) is 10.8 Å². The minimum Gasteiger partial charge on any atom is -0.389 e. The lowest BCUT2D eigenvalue weighted by atomic mass is 10.0. The summed E-state index contributed by atoms with van der Waals surface area (Å²) in [4.78, 5) is 11.7. The third-order valence-electron chi connectivity index (χ3n) is 2.76. The summed E-state index contributed by atoms with van der Waals surface area (Å²) >= 11 is 4.79. The fraction of sp³-hybridized carbons (Fsp3) is 0.385. The number of carbonyl (C=O) groups excluding carboxylic acids is 1. The van der Waals surface area contributed by atoms with Gasteiger partial charge in [0.25, 0.3) is 0 Å². The number of benzene rings is 1. The van der Waals surface area contributed by atoms with Crippen LogP contribution in [0.5, 0.6) is 0 Å². The maximum absolute atomic E-state index is 13.6. The Morgan fingerprint density at radius 1 is 1.56 bits per heavy atom. The molecule has 0 aliphatic heterocycles. The third kappa shape index (κ3) is 3.77. The van der Waals surface area contributed by atoms with E-state index in [0.29, 0.717) is 12.1 Å². The first-order valence-corrected chi connectivity index (χ1v) is 6.24. The highest BCUT2D eigenvalue weighted by atomic mass is 32.1. The van der Waals surface area contributed by atoms with Crippen molar-refractivity contribution in [2.24, 2.45) is 11.7 Å². The van der Waals surface area contributed by atoms with Gasteiger partial charge in [-0.2, -0.15) is 0 Å². The van der Waals surface area contributed by atoms with Crippen molar-refractivity contribution in [2.75, 3.05) is 5.32 Å². The molecule has 0 aliphatic rings. The van der Waals surface area contributed by atoms with E-state index in [2.05, 4.69) is 5.32 Å². The number of nitrogens with one attached hydrogen (secondary N) is 1. The molecule has 0 heterocycles. The number of carbonyl (C=O) groups is 1. The molecule has 1 atom stereocenters. The first-order chi connectivity index (χ1) is 8.45. The van der Waals surface area contributed by atoms with E-state index in [9.17, 15) is 9.18 Å². The van der Waals surface area contributed by atoms with Crippen LogP contribution in [-0.4, -0.2) is 10.9 Å². The van der Waals surface area contributed by atoms with Gasteiger partial charge in [-0.3, -0.25) is 4.79 Å². The zero-order chi connectivity index (χ0) is 13.7. The molecule has 1 aromatic carbocycles. The Hall–Kier alpha value is -1.49. The van der Waals surface area contributed by atoms with Gasteiger partial charge < -0.3 is 11.1 Å². The highest BCUT2D eigenvalue weighted by molar-refractivity contribution is 7.80. The lowest BCUT2D eigenvalue weighted by molar-refractivity contribution is -0.117. The molecule has 0 spiro atoms. The molecule has 1 amide bonds. The summed E-state index contributed by atoms with van der Waals surface area (Å²) in [7, 11) is 0. The first-order valence-electron chi connectivity index (χ1n) is 5.83. The molecular weight excluding hydrogens is 251 g/mol. The van der Waals surface area contributed by atoms with Crippen molar-refractivity contribution in [3.63, 3.8) is 0 Å². The van der Waals surface area contributed by atoms with Crippen molar-refractivity contribution in [2.45, 2.75) is 26.7 Å². The van der Waals surface area contributed by atoms with E-state index in [4.69, 9.17) is 18.0 Å². The number of anilines is 1. The highest BCUT2D eigenvalue weighted by Crippen LogP contribution is 2.19. The monoisotopic (exact) mass is 268 g/mol. The molecule has 0 radical (unpaired) electrons. The second-order valence-corrected chi connectivity index (χ2v) is 4.73. The SMILES string of the molecule is CCC(C)CC(=O)Nc1cccc(F)c1C(N)=S. The first kappa shape index (κ1) is 14.6. The molecule has 1 unspecified atom stereocenters. The van der Waals surface area contributed by atoms with Crippen LogP contribution in [-0.2, 0) is 4.79 Å². The van der Waals surface area contributed by atoms with Crippen molar-refractivity contribution in [3.05, 3.63) is 29.6 Å². The second kappa shape index (κ2) is 6.44. The topological polar surface area (TPSA) is 55.1 Å². The quantitative estimate of drug-likeness (QED) is 0.807. The molecule has 0 fully saturated rings. The zero-order valence-electron chi connectivity index (χ0n) is 10.5. The van der Waals surface area contributed by atoms with Gasteiger partial charge >= 0.3 is 0 Å². The predicted molar refractivity (Wildman–Crippen MR) is 75.0 cm³/mol. The summed E-state index contributed by atoms with van der Waals surface area (Å²) in [5, 5.41) is 2.65. The number of hydrogen-bond donors (Lipinski definition) is 2. The molecule has 0 bridgehead atoms. The smallest absolute Gasteiger partial charge is 0.224 e. The molecule has 1 rings (SSSR count). The Balaban J connectivity index is 2.88.